The number of carbonyl (C=O) groups is 2. The predicted octanol–water partition coefficient (Wildman–Crippen LogP) is 22.5. The number of esters is 2. The van der Waals surface area contributed by atoms with Crippen LogP contribution in [0.15, 0.2) is 72.9 Å². The van der Waals surface area contributed by atoms with Crippen molar-refractivity contribution >= 4 is 19.8 Å². The molecule has 0 saturated carbocycles. The number of phosphoric acid groups is 1. The van der Waals surface area contributed by atoms with Crippen molar-refractivity contribution in [1.82, 2.24) is 0 Å². The standard InChI is InChI=1S/C74H136NO8P/c1-6-8-10-12-14-16-18-20-22-24-26-28-30-32-34-36-37-39-40-42-44-46-48-50-52-54-56-58-60-62-64-66-73(76)80-70-72(71-82-84(78,79)81-69-68-75(3,4)5)83-74(77)67-65-63-61-59-57-55-53-51-49-47-45-43-41-38-35-33-31-29-27-25-23-21-19-17-15-13-11-9-7-2/h9,11,15,17,21,23-24,26-27,29,33,35,72H,6-8,10,12-14,16,18-20,22,25,28,30-32,34,36-71H2,1-5H3/b11-9-,17-15-,23-21-,26-24-,29-27-,35-33-. The first-order chi connectivity index (χ1) is 41.0. The largest absolute Gasteiger partial charge is 0.756 e. The van der Waals surface area contributed by atoms with Crippen LogP contribution in [0.4, 0.5) is 0 Å². The number of hydrogen-bond acceptors (Lipinski definition) is 8. The van der Waals surface area contributed by atoms with Crippen LogP contribution in [0.5, 0.6) is 0 Å². The van der Waals surface area contributed by atoms with Gasteiger partial charge < -0.3 is 27.9 Å². The first kappa shape index (κ1) is 81.5. The van der Waals surface area contributed by atoms with Gasteiger partial charge in [-0.2, -0.15) is 0 Å². The minimum absolute atomic E-state index is 0.0314. The lowest BCUT2D eigenvalue weighted by molar-refractivity contribution is -0.870. The molecule has 2 unspecified atom stereocenters. The van der Waals surface area contributed by atoms with Crippen molar-refractivity contribution in [3.63, 3.8) is 0 Å². The van der Waals surface area contributed by atoms with Crippen molar-refractivity contribution in [3.05, 3.63) is 72.9 Å². The second-order valence-electron chi connectivity index (χ2n) is 25.2. The van der Waals surface area contributed by atoms with Gasteiger partial charge in [-0.15, -0.1) is 0 Å². The molecule has 84 heavy (non-hydrogen) atoms. The topological polar surface area (TPSA) is 111 Å². The zero-order valence-electron chi connectivity index (χ0n) is 55.8. The zero-order chi connectivity index (χ0) is 61.2. The highest BCUT2D eigenvalue weighted by atomic mass is 31.2. The maximum Gasteiger partial charge on any atom is 0.306 e. The molecule has 0 bridgehead atoms. The minimum Gasteiger partial charge on any atom is -0.756 e. The van der Waals surface area contributed by atoms with Crippen LogP contribution in [0.25, 0.3) is 0 Å². The fourth-order valence-corrected chi connectivity index (χ4v) is 11.0. The Bertz CT molecular complexity index is 1650. The highest BCUT2D eigenvalue weighted by molar-refractivity contribution is 7.45. The second kappa shape index (κ2) is 64.9. The van der Waals surface area contributed by atoms with Crippen molar-refractivity contribution in [2.75, 3.05) is 47.5 Å². The normalized spacial score (nSPS) is 13.5. The summed E-state index contributed by atoms with van der Waals surface area (Å²) in [5.41, 5.74) is 0. The average molecular weight is 1200 g/mol. The van der Waals surface area contributed by atoms with E-state index in [-0.39, 0.29) is 32.0 Å². The summed E-state index contributed by atoms with van der Waals surface area (Å²) in [5, 5.41) is 0. The Balaban J connectivity index is 4.01. The number of phosphoric ester groups is 1. The summed E-state index contributed by atoms with van der Waals surface area (Å²) in [6.45, 7) is 4.17. The van der Waals surface area contributed by atoms with Crippen molar-refractivity contribution in [2.24, 2.45) is 0 Å². The second-order valence-corrected chi connectivity index (χ2v) is 26.6. The van der Waals surface area contributed by atoms with Gasteiger partial charge in [-0.25, -0.2) is 0 Å². The van der Waals surface area contributed by atoms with E-state index in [1.807, 2.05) is 21.1 Å². The van der Waals surface area contributed by atoms with Crippen LogP contribution in [0.1, 0.15) is 335 Å². The summed E-state index contributed by atoms with van der Waals surface area (Å²) in [4.78, 5) is 38.1. The highest BCUT2D eigenvalue weighted by Gasteiger charge is 2.22. The van der Waals surface area contributed by atoms with Crippen molar-refractivity contribution in [1.29, 1.82) is 0 Å². The van der Waals surface area contributed by atoms with Gasteiger partial charge in [0.15, 0.2) is 6.10 Å². The number of quaternary nitrogens is 1. The molecule has 0 radical (unpaired) electrons. The first-order valence-electron chi connectivity index (χ1n) is 35.6. The third kappa shape index (κ3) is 68.6. The van der Waals surface area contributed by atoms with E-state index >= 15 is 0 Å². The summed E-state index contributed by atoms with van der Waals surface area (Å²) in [5.74, 6) is -0.821. The average Bonchev–Trinajstić information content (AvgIpc) is 3.61. The summed E-state index contributed by atoms with van der Waals surface area (Å²) >= 11 is 0. The first-order valence-corrected chi connectivity index (χ1v) is 37.1. The molecule has 0 spiro atoms. The Morgan fingerprint density at radius 2 is 0.679 bits per heavy atom. The predicted molar refractivity (Wildman–Crippen MR) is 360 cm³/mol. The molecule has 10 heteroatoms. The van der Waals surface area contributed by atoms with E-state index in [4.69, 9.17) is 18.5 Å². The Morgan fingerprint density at radius 3 is 1.02 bits per heavy atom. The number of carbonyl (C=O) groups excluding carboxylic acids is 2. The number of unbranched alkanes of at least 4 members (excludes halogenated alkanes) is 40. The molecule has 0 aromatic rings. The summed E-state index contributed by atoms with van der Waals surface area (Å²) in [7, 11) is 1.17. The number of nitrogens with zero attached hydrogens (tertiary/aromatic N) is 1. The van der Waals surface area contributed by atoms with Gasteiger partial charge in [0.2, 0.25) is 0 Å². The molecule has 9 nitrogen and oxygen atoms in total. The number of rotatable bonds is 66. The minimum atomic E-state index is -4.64. The smallest absolute Gasteiger partial charge is 0.306 e. The molecule has 0 fully saturated rings. The Morgan fingerprint density at radius 1 is 0.381 bits per heavy atom. The van der Waals surface area contributed by atoms with Gasteiger partial charge in [0.25, 0.3) is 7.82 Å². The molecule has 490 valence electrons. The van der Waals surface area contributed by atoms with Crippen molar-refractivity contribution < 1.29 is 42.1 Å². The van der Waals surface area contributed by atoms with Gasteiger partial charge in [-0.05, 0) is 83.5 Å². The fraction of sp³-hybridized carbons (Fsp3) is 0.811. The molecular formula is C74H136NO8P. The van der Waals surface area contributed by atoms with Crippen LogP contribution in [-0.2, 0) is 32.7 Å². The van der Waals surface area contributed by atoms with Gasteiger partial charge >= 0.3 is 11.9 Å². The van der Waals surface area contributed by atoms with Crippen LogP contribution in [0.3, 0.4) is 0 Å². The Labute approximate surface area is 520 Å². The van der Waals surface area contributed by atoms with Crippen LogP contribution >= 0.6 is 7.82 Å². The van der Waals surface area contributed by atoms with E-state index < -0.39 is 26.5 Å². The lowest BCUT2D eigenvalue weighted by Gasteiger charge is -2.28. The lowest BCUT2D eigenvalue weighted by Crippen LogP contribution is -2.37. The quantitative estimate of drug-likeness (QED) is 0.0195. The van der Waals surface area contributed by atoms with Gasteiger partial charge in [-0.1, -0.05) is 311 Å². The molecule has 0 amide bonds. The third-order valence-electron chi connectivity index (χ3n) is 15.7. The van der Waals surface area contributed by atoms with E-state index in [2.05, 4.69) is 86.8 Å². The zero-order valence-corrected chi connectivity index (χ0v) is 56.7. The van der Waals surface area contributed by atoms with Gasteiger partial charge in [0.1, 0.15) is 19.8 Å². The van der Waals surface area contributed by atoms with E-state index in [9.17, 15) is 19.0 Å². The monoisotopic (exact) mass is 1200 g/mol. The van der Waals surface area contributed by atoms with Crippen molar-refractivity contribution in [3.8, 4) is 0 Å². The van der Waals surface area contributed by atoms with Gasteiger partial charge in [0.05, 0.1) is 27.7 Å². The molecule has 0 aromatic heterocycles. The summed E-state index contributed by atoms with van der Waals surface area (Å²) in [6.07, 6.45) is 87.0. The molecular weight excluding hydrogens is 1060 g/mol. The number of hydrogen-bond donors (Lipinski definition) is 0. The number of likely N-dealkylation sites (N-methyl/N-ethyl adjacent to an activating group) is 1. The highest BCUT2D eigenvalue weighted by Crippen LogP contribution is 2.38. The third-order valence-corrected chi connectivity index (χ3v) is 16.7. The summed E-state index contributed by atoms with van der Waals surface area (Å²) < 4.78 is 34.3. The Hall–Kier alpha value is -2.55. The van der Waals surface area contributed by atoms with Crippen molar-refractivity contribution in [2.45, 2.75) is 341 Å². The van der Waals surface area contributed by atoms with E-state index in [1.165, 1.54) is 231 Å². The molecule has 0 aliphatic carbocycles. The van der Waals surface area contributed by atoms with Crippen LogP contribution in [-0.4, -0.2) is 70.0 Å². The van der Waals surface area contributed by atoms with Gasteiger partial charge in [-0.3, -0.25) is 14.2 Å². The molecule has 0 aliphatic heterocycles. The van der Waals surface area contributed by atoms with E-state index in [0.29, 0.717) is 17.4 Å². The lowest BCUT2D eigenvalue weighted by atomic mass is 10.0. The number of allylic oxidation sites excluding steroid dienone is 12. The maximum absolute atomic E-state index is 12.9. The molecule has 0 N–H and O–H groups in total. The van der Waals surface area contributed by atoms with Crippen LogP contribution in [0.2, 0.25) is 0 Å². The van der Waals surface area contributed by atoms with Gasteiger partial charge in [0, 0.05) is 12.8 Å². The summed E-state index contributed by atoms with van der Waals surface area (Å²) in [6, 6.07) is 0. The molecule has 0 aromatic carbocycles. The van der Waals surface area contributed by atoms with E-state index in [0.717, 1.165) is 70.6 Å². The molecule has 0 heterocycles. The molecule has 0 rings (SSSR count). The fourth-order valence-electron chi connectivity index (χ4n) is 10.3. The SMILES string of the molecule is CC/C=C\C/C=C\C/C=C\C/C=C\C/C=C\CCCCCCCCCCCCCCCC(=O)OC(COC(=O)CCCCCCCCCCCCCCCCCCCCC/C=C\CCCCCCCCCC)COP(=O)([O-])OCC[N+](C)(C)C. The maximum atomic E-state index is 12.9. The van der Waals surface area contributed by atoms with E-state index in [1.54, 1.807) is 0 Å². The van der Waals surface area contributed by atoms with Crippen LogP contribution in [0, 0.1) is 0 Å². The molecule has 0 saturated heterocycles. The number of ether oxygens (including phenoxy) is 2. The van der Waals surface area contributed by atoms with Crippen LogP contribution < -0.4 is 4.89 Å². The molecule has 0 aliphatic rings. The Kier molecular flexibility index (Phi) is 62.9. The molecule has 2 atom stereocenters.